The lowest BCUT2D eigenvalue weighted by Crippen LogP contribution is -1.95. The van der Waals surface area contributed by atoms with Gasteiger partial charge in [-0.2, -0.15) is 4.91 Å². The molecule has 0 aliphatic heterocycles. The number of para-hydroxylation sites is 3. The molecule has 26 heavy (non-hydrogen) atoms. The fourth-order valence-corrected chi connectivity index (χ4v) is 2.57. The second-order valence-corrected chi connectivity index (χ2v) is 5.20. The second-order valence-electron chi connectivity index (χ2n) is 5.20. The zero-order valence-corrected chi connectivity index (χ0v) is 15.2. The van der Waals surface area contributed by atoms with Crippen LogP contribution in [0.4, 0.5) is 17.1 Å². The van der Waals surface area contributed by atoms with E-state index in [1.165, 1.54) is 7.05 Å². The molecule has 3 aromatic carbocycles. The van der Waals surface area contributed by atoms with Gasteiger partial charge >= 0.3 is 0 Å². The molecule has 134 valence electrons. The summed E-state index contributed by atoms with van der Waals surface area (Å²) in [5.74, 6) is 0. The summed E-state index contributed by atoms with van der Waals surface area (Å²) in [5, 5.41) is 7.83. The predicted molar refractivity (Wildman–Crippen MR) is 111 cm³/mol. The highest BCUT2D eigenvalue weighted by atomic mass is 16.3. The summed E-state index contributed by atoms with van der Waals surface area (Å²) in [6, 6.07) is 21.9. The predicted octanol–water partition coefficient (Wildman–Crippen LogP) is 6.32. The van der Waals surface area contributed by atoms with Crippen LogP contribution in [-0.2, 0) is 0 Å². The van der Waals surface area contributed by atoms with E-state index in [-0.39, 0.29) is 0 Å². The van der Waals surface area contributed by atoms with Crippen molar-refractivity contribution in [2.45, 2.75) is 13.8 Å². The fraction of sp³-hybridized carbons (Fsp3) is 0.143. The van der Waals surface area contributed by atoms with Crippen molar-refractivity contribution in [3.8, 4) is 0 Å². The minimum Gasteiger partial charge on any atom is -0.456 e. The highest BCUT2D eigenvalue weighted by molar-refractivity contribution is 6.06. The number of anilines is 3. The van der Waals surface area contributed by atoms with Gasteiger partial charge in [-0.15, -0.1) is 0 Å². The van der Waals surface area contributed by atoms with Gasteiger partial charge in [0.2, 0.25) is 0 Å². The molecule has 0 aliphatic rings. The largest absolute Gasteiger partial charge is 0.456 e. The molecule has 4 aromatic rings. The third kappa shape index (κ3) is 4.19. The van der Waals surface area contributed by atoms with Crippen LogP contribution in [0.15, 0.2) is 76.3 Å². The van der Waals surface area contributed by atoms with Gasteiger partial charge in [-0.05, 0) is 36.4 Å². The van der Waals surface area contributed by atoms with Gasteiger partial charge in [0.05, 0.1) is 18.4 Å². The van der Waals surface area contributed by atoms with Crippen molar-refractivity contribution in [2.75, 3.05) is 18.1 Å². The molecule has 0 amide bonds. The van der Waals surface area contributed by atoms with Crippen molar-refractivity contribution >= 4 is 39.0 Å². The average Bonchev–Trinajstić information content (AvgIpc) is 3.04. The van der Waals surface area contributed by atoms with E-state index >= 15 is 0 Å². The van der Waals surface area contributed by atoms with Crippen molar-refractivity contribution in [1.29, 1.82) is 0 Å². The molecule has 0 spiro atoms. The van der Waals surface area contributed by atoms with Crippen molar-refractivity contribution < 1.29 is 4.42 Å². The Balaban J connectivity index is 0.000000444. The van der Waals surface area contributed by atoms with Crippen molar-refractivity contribution in [3.05, 3.63) is 71.6 Å². The van der Waals surface area contributed by atoms with Crippen molar-refractivity contribution in [3.63, 3.8) is 0 Å². The number of furan rings is 1. The zero-order chi connectivity index (χ0) is 18.9. The van der Waals surface area contributed by atoms with Gasteiger partial charge in [0, 0.05) is 16.5 Å². The maximum atomic E-state index is 8.56. The molecule has 3 N–H and O–H groups in total. The first kappa shape index (κ1) is 19.0. The van der Waals surface area contributed by atoms with Gasteiger partial charge in [-0.1, -0.05) is 49.4 Å². The van der Waals surface area contributed by atoms with Crippen LogP contribution in [0.5, 0.6) is 0 Å². The molecular weight excluding hydrogens is 326 g/mol. The monoisotopic (exact) mass is 349 g/mol. The van der Waals surface area contributed by atoms with E-state index in [9.17, 15) is 0 Å². The smallest absolute Gasteiger partial charge is 0.135 e. The summed E-state index contributed by atoms with van der Waals surface area (Å²) >= 11 is 0. The normalized spacial score (nSPS) is 9.65. The maximum Gasteiger partial charge on any atom is 0.135 e. The molecule has 4 rings (SSSR count). The minimum absolute atomic E-state index is 0.731. The molecule has 0 atom stereocenters. The average molecular weight is 349 g/mol. The first-order chi connectivity index (χ1) is 12.7. The van der Waals surface area contributed by atoms with E-state index in [4.69, 9.17) is 15.1 Å². The van der Waals surface area contributed by atoms with Gasteiger partial charge in [0.25, 0.3) is 0 Å². The number of fused-ring (bicyclic) bond motifs is 3. The van der Waals surface area contributed by atoms with Gasteiger partial charge in [-0.25, -0.2) is 0 Å². The number of nitroso groups, excluding NO2 is 1. The Labute approximate surface area is 152 Å². The highest BCUT2D eigenvalue weighted by Gasteiger charge is 2.07. The second kappa shape index (κ2) is 9.22. The number of nitrogens with one attached hydrogen (secondary N) is 1. The summed E-state index contributed by atoms with van der Waals surface area (Å²) in [4.78, 5) is 8.56. The third-order valence-electron chi connectivity index (χ3n) is 3.62. The summed E-state index contributed by atoms with van der Waals surface area (Å²) in [6.07, 6.45) is 0. The number of rotatable bonds is 2. The van der Waals surface area contributed by atoms with E-state index in [0.29, 0.717) is 0 Å². The van der Waals surface area contributed by atoms with Gasteiger partial charge in [0.1, 0.15) is 11.2 Å². The lowest BCUT2D eigenvalue weighted by Gasteiger charge is -2.08. The van der Waals surface area contributed by atoms with E-state index in [0.717, 1.165) is 39.0 Å². The van der Waals surface area contributed by atoms with Crippen LogP contribution in [0.25, 0.3) is 21.9 Å². The van der Waals surface area contributed by atoms with Crippen LogP contribution in [0.3, 0.4) is 0 Å². The molecule has 0 fully saturated rings. The molecule has 5 heteroatoms. The van der Waals surface area contributed by atoms with Crippen LogP contribution in [0.2, 0.25) is 0 Å². The maximum absolute atomic E-state index is 8.56. The molecule has 0 saturated heterocycles. The molecule has 0 saturated carbocycles. The first-order valence-electron chi connectivity index (χ1n) is 8.47. The van der Waals surface area contributed by atoms with E-state index in [2.05, 4.69) is 22.6 Å². The molecule has 5 nitrogen and oxygen atoms in total. The summed E-state index contributed by atoms with van der Waals surface area (Å²) in [5.41, 5.74) is 10.4. The number of hydrogen-bond donors (Lipinski definition) is 2. The molecule has 0 bridgehead atoms. The van der Waals surface area contributed by atoms with Crippen LogP contribution in [-0.4, -0.2) is 7.05 Å². The highest BCUT2D eigenvalue weighted by Crippen LogP contribution is 2.32. The number of nitrogens with two attached hydrogens (primary N) is 1. The van der Waals surface area contributed by atoms with Crippen molar-refractivity contribution in [1.82, 2.24) is 0 Å². The summed E-state index contributed by atoms with van der Waals surface area (Å²) in [6.45, 7) is 4.00. The van der Waals surface area contributed by atoms with Gasteiger partial charge in [-0.3, -0.25) is 0 Å². The summed E-state index contributed by atoms with van der Waals surface area (Å²) < 4.78 is 5.83. The van der Waals surface area contributed by atoms with Crippen LogP contribution in [0.1, 0.15) is 13.8 Å². The molecule has 1 aromatic heterocycles. The Morgan fingerprint density at radius 2 is 1.50 bits per heavy atom. The van der Waals surface area contributed by atoms with Crippen LogP contribution < -0.4 is 11.1 Å². The van der Waals surface area contributed by atoms with Crippen LogP contribution >= 0.6 is 0 Å². The first-order valence-corrected chi connectivity index (χ1v) is 8.47. The Hall–Kier alpha value is -3.34. The Bertz CT molecular complexity index is 993. The van der Waals surface area contributed by atoms with E-state index in [1.807, 2.05) is 68.4 Å². The lowest BCUT2D eigenvalue weighted by atomic mass is 10.1. The Kier molecular flexibility index (Phi) is 6.74. The standard InChI is InChI=1S/C18H14N2O.C2H6.CH3NO/c19-15-6-2-3-7-16(15)20-12-9-10-18-14(11-12)13-5-1-4-8-17(13)21-18;1-2;1-2-3/h1-11,20H,19H2;1-2H3;1H3. The SMILES string of the molecule is CC.CN=O.Nc1ccccc1Nc1ccc2oc3ccccc3c2c1. The number of hydrogen-bond acceptors (Lipinski definition) is 5. The van der Waals surface area contributed by atoms with Gasteiger partial charge < -0.3 is 15.5 Å². The minimum atomic E-state index is 0.731. The van der Waals surface area contributed by atoms with Crippen molar-refractivity contribution in [2.24, 2.45) is 5.18 Å². The summed E-state index contributed by atoms with van der Waals surface area (Å²) in [7, 11) is 1.19. The zero-order valence-electron chi connectivity index (χ0n) is 15.2. The molecular formula is C21H23N3O2. The molecule has 1 heterocycles. The Morgan fingerprint density at radius 3 is 2.23 bits per heavy atom. The number of benzene rings is 3. The fourth-order valence-electron chi connectivity index (χ4n) is 2.57. The molecule has 0 unspecified atom stereocenters. The molecule has 0 aliphatic carbocycles. The third-order valence-corrected chi connectivity index (χ3v) is 3.62. The van der Waals surface area contributed by atoms with E-state index in [1.54, 1.807) is 0 Å². The van der Waals surface area contributed by atoms with Gasteiger partial charge in [0.15, 0.2) is 0 Å². The van der Waals surface area contributed by atoms with Crippen LogP contribution in [0, 0.1) is 4.91 Å². The number of nitrogens with zero attached hydrogens (tertiary/aromatic N) is 1. The Morgan fingerprint density at radius 1 is 0.885 bits per heavy atom. The lowest BCUT2D eigenvalue weighted by molar-refractivity contribution is 0.669. The number of nitrogen functional groups attached to an aromatic ring is 1. The molecule has 0 radical (unpaired) electrons. The van der Waals surface area contributed by atoms with E-state index < -0.39 is 0 Å². The quantitative estimate of drug-likeness (QED) is 0.328. The topological polar surface area (TPSA) is 80.6 Å².